The third-order valence-electron chi connectivity index (χ3n) is 1.29. The van der Waals surface area contributed by atoms with Gasteiger partial charge in [0.2, 0.25) is 0 Å². The van der Waals surface area contributed by atoms with E-state index in [0.717, 1.165) is 6.42 Å². The first-order valence-corrected chi connectivity index (χ1v) is 4.96. The number of halogens is 8. The molecule has 0 amide bonds. The summed E-state index contributed by atoms with van der Waals surface area (Å²) >= 11 is 0. The molecule has 0 saturated carbocycles. The average Bonchev–Trinajstić information content (AvgIpc) is 1.93. The Kier molecular flexibility index (Phi) is 15.9. The van der Waals surface area contributed by atoms with Crippen molar-refractivity contribution in [3.8, 4) is 0 Å². The van der Waals surface area contributed by atoms with Gasteiger partial charge < -0.3 is 34.5 Å². The molecule has 0 saturated heterocycles. The summed E-state index contributed by atoms with van der Waals surface area (Å²) in [6.45, 7) is 0. The van der Waals surface area contributed by atoms with Crippen molar-refractivity contribution in [1.29, 1.82) is 0 Å². The van der Waals surface area contributed by atoms with E-state index in [4.69, 9.17) is 0 Å². The van der Waals surface area contributed by atoms with Gasteiger partial charge >= 0.3 is 34.0 Å². The molecular formula is C8H11B2F8Rh. The fraction of sp³-hybridized carbons (Fsp3) is 0.500. The number of allylic oxidation sites excluding steroid dienone is 4. The van der Waals surface area contributed by atoms with E-state index in [-0.39, 0.29) is 19.5 Å². The Balaban J connectivity index is -0.000000208. The van der Waals surface area contributed by atoms with E-state index in [1.165, 1.54) is 19.3 Å². The van der Waals surface area contributed by atoms with Crippen molar-refractivity contribution in [1.82, 2.24) is 0 Å². The molecule has 0 bridgehead atoms. The Morgan fingerprint density at radius 1 is 0.789 bits per heavy atom. The van der Waals surface area contributed by atoms with Crippen molar-refractivity contribution in [3.05, 3.63) is 24.3 Å². The first-order valence-electron chi connectivity index (χ1n) is 4.96. The molecule has 1 rings (SSSR count). The fourth-order valence-electron chi connectivity index (χ4n) is 0.805. The number of hydrogen-bond donors (Lipinski definition) is 0. The van der Waals surface area contributed by atoms with E-state index in [1.54, 1.807) is 0 Å². The average molecular weight is 384 g/mol. The van der Waals surface area contributed by atoms with Crippen molar-refractivity contribution >= 4 is 14.5 Å². The van der Waals surface area contributed by atoms with E-state index in [9.17, 15) is 34.5 Å². The quantitative estimate of drug-likeness (QED) is 0.311. The number of hydrogen-bond acceptors (Lipinski definition) is 0. The van der Waals surface area contributed by atoms with E-state index < -0.39 is 14.5 Å². The van der Waals surface area contributed by atoms with Gasteiger partial charge in [-0.1, -0.05) is 19.3 Å². The largest absolute Gasteiger partial charge is 3.00 e. The molecule has 19 heavy (non-hydrogen) atoms. The molecule has 0 nitrogen and oxygen atoms in total. The van der Waals surface area contributed by atoms with E-state index in [1.807, 2.05) is 6.08 Å². The summed E-state index contributed by atoms with van der Waals surface area (Å²) in [6, 6.07) is 0. The molecule has 0 aromatic rings. The van der Waals surface area contributed by atoms with Gasteiger partial charge in [0.15, 0.2) is 0 Å². The van der Waals surface area contributed by atoms with Crippen LogP contribution in [0.5, 0.6) is 0 Å². The Bertz CT molecular complexity index is 210. The van der Waals surface area contributed by atoms with Crippen LogP contribution in [0.4, 0.5) is 34.5 Å². The van der Waals surface area contributed by atoms with Gasteiger partial charge in [-0.15, -0.1) is 6.42 Å². The maximum absolute atomic E-state index is 9.75. The molecule has 0 aromatic heterocycles. The summed E-state index contributed by atoms with van der Waals surface area (Å²) in [4.78, 5) is 0. The van der Waals surface area contributed by atoms with Crippen LogP contribution >= 0.6 is 0 Å². The molecule has 114 valence electrons. The molecule has 1 aliphatic carbocycles. The van der Waals surface area contributed by atoms with Crippen LogP contribution in [0.15, 0.2) is 18.2 Å². The summed E-state index contributed by atoms with van der Waals surface area (Å²) < 4.78 is 78.0. The summed E-state index contributed by atoms with van der Waals surface area (Å²) in [5, 5.41) is 0. The van der Waals surface area contributed by atoms with Gasteiger partial charge in [0.25, 0.3) is 0 Å². The van der Waals surface area contributed by atoms with E-state index in [2.05, 4.69) is 18.2 Å². The molecule has 0 heterocycles. The van der Waals surface area contributed by atoms with Gasteiger partial charge in [-0.3, -0.25) is 6.08 Å². The number of rotatable bonds is 0. The topological polar surface area (TPSA) is 0 Å². The second-order valence-corrected chi connectivity index (χ2v) is 3.03. The first-order chi connectivity index (χ1) is 8.00. The first kappa shape index (κ1) is 23.7. The summed E-state index contributed by atoms with van der Waals surface area (Å²) in [5.74, 6) is 0. The Morgan fingerprint density at radius 3 is 1.63 bits per heavy atom. The monoisotopic (exact) mass is 384 g/mol. The van der Waals surface area contributed by atoms with Crippen LogP contribution in [-0.2, 0) is 19.5 Å². The van der Waals surface area contributed by atoms with Crippen molar-refractivity contribution in [2.24, 2.45) is 0 Å². The summed E-state index contributed by atoms with van der Waals surface area (Å²) in [6.07, 6.45) is 14.5. The van der Waals surface area contributed by atoms with E-state index in [0.29, 0.717) is 0 Å². The van der Waals surface area contributed by atoms with Crippen LogP contribution < -0.4 is 0 Å². The molecule has 0 spiro atoms. The third kappa shape index (κ3) is 73.7. The van der Waals surface area contributed by atoms with Crippen molar-refractivity contribution in [2.45, 2.75) is 25.7 Å². The Labute approximate surface area is 119 Å². The molecule has 0 unspecified atom stereocenters. The molecule has 0 N–H and O–H groups in total. The van der Waals surface area contributed by atoms with Crippen LogP contribution in [0, 0.1) is 6.08 Å². The van der Waals surface area contributed by atoms with Gasteiger partial charge in [-0.05, 0) is 0 Å². The SMILES string of the molecule is F[B-](F)(F)F.F[B-](F)(F)F.[C-]1=C/C=C\CCCC1.[Rh+3]. The molecule has 0 aromatic carbocycles. The summed E-state index contributed by atoms with van der Waals surface area (Å²) in [5.41, 5.74) is 0. The molecule has 0 atom stereocenters. The minimum Gasteiger partial charge on any atom is -0.418 e. The molecule has 11 heteroatoms. The van der Waals surface area contributed by atoms with Gasteiger partial charge in [0.05, 0.1) is 0 Å². The smallest absolute Gasteiger partial charge is 0.418 e. The third-order valence-corrected chi connectivity index (χ3v) is 1.29. The van der Waals surface area contributed by atoms with Gasteiger partial charge in [0, 0.05) is 0 Å². The van der Waals surface area contributed by atoms with Crippen LogP contribution in [-0.4, -0.2) is 14.5 Å². The predicted octanol–water partition coefficient (Wildman–Crippen LogP) is 5.07. The molecular weight excluding hydrogens is 373 g/mol. The minimum atomic E-state index is -6.00. The standard InChI is InChI=1S/C8H11.2BF4.Rh/c1-2-4-6-8-7-5-3-1;2*2-1(3,4)5;/h1-3H,4,6-8H2;;;/q3*-1;+3/b2-1-;;;. The maximum atomic E-state index is 9.75. The molecule has 0 radical (unpaired) electrons. The van der Waals surface area contributed by atoms with Gasteiger partial charge in [0.1, 0.15) is 0 Å². The Morgan fingerprint density at radius 2 is 1.21 bits per heavy atom. The van der Waals surface area contributed by atoms with Crippen LogP contribution in [0.25, 0.3) is 0 Å². The Hall–Kier alpha value is -0.327. The van der Waals surface area contributed by atoms with Crippen LogP contribution in [0.1, 0.15) is 25.7 Å². The zero-order chi connectivity index (χ0) is 14.7. The maximum Gasteiger partial charge on any atom is 3.00 e. The fourth-order valence-corrected chi connectivity index (χ4v) is 0.805. The van der Waals surface area contributed by atoms with Gasteiger partial charge in [-0.25, -0.2) is 12.2 Å². The summed E-state index contributed by atoms with van der Waals surface area (Å²) in [7, 11) is -12.0. The second-order valence-electron chi connectivity index (χ2n) is 3.03. The zero-order valence-corrected chi connectivity index (χ0v) is 11.2. The van der Waals surface area contributed by atoms with Crippen LogP contribution in [0.2, 0.25) is 0 Å². The minimum absolute atomic E-state index is 0. The second kappa shape index (κ2) is 12.7. The predicted molar refractivity (Wildman–Crippen MR) is 55.8 cm³/mol. The molecule has 1 aliphatic rings. The van der Waals surface area contributed by atoms with E-state index >= 15 is 0 Å². The molecule has 0 fully saturated rings. The van der Waals surface area contributed by atoms with Gasteiger partial charge in [-0.2, -0.15) is 6.08 Å². The van der Waals surface area contributed by atoms with Crippen molar-refractivity contribution in [2.75, 3.05) is 0 Å². The van der Waals surface area contributed by atoms with Crippen LogP contribution in [0.3, 0.4) is 0 Å². The van der Waals surface area contributed by atoms with Crippen molar-refractivity contribution < 1.29 is 54.0 Å². The van der Waals surface area contributed by atoms with Crippen molar-refractivity contribution in [3.63, 3.8) is 0 Å². The normalized spacial score (nSPS) is 16.4. The molecule has 0 aliphatic heterocycles. The zero-order valence-electron chi connectivity index (χ0n) is 9.57.